The van der Waals surface area contributed by atoms with E-state index in [4.69, 9.17) is 4.74 Å². The first-order valence-corrected chi connectivity index (χ1v) is 29.3. The van der Waals surface area contributed by atoms with E-state index in [0.717, 1.165) is 70.6 Å². The van der Waals surface area contributed by atoms with E-state index in [-0.39, 0.29) is 18.5 Å². The van der Waals surface area contributed by atoms with Crippen molar-refractivity contribution in [3.05, 3.63) is 36.5 Å². The van der Waals surface area contributed by atoms with Crippen LogP contribution in [0.1, 0.15) is 309 Å². The molecule has 0 aliphatic heterocycles. The van der Waals surface area contributed by atoms with Gasteiger partial charge in [-0.25, -0.2) is 0 Å². The maximum atomic E-state index is 12.5. The quantitative estimate of drug-likeness (QED) is 0.0321. The van der Waals surface area contributed by atoms with Crippen molar-refractivity contribution in [1.29, 1.82) is 0 Å². The van der Waals surface area contributed by atoms with E-state index in [2.05, 4.69) is 43.5 Å². The molecule has 0 aromatic carbocycles. The average Bonchev–Trinajstić information content (AvgIpc) is 3.32. The number of aliphatic hydroxyl groups excluding tert-OH is 2. The van der Waals surface area contributed by atoms with Gasteiger partial charge in [0.25, 0.3) is 0 Å². The normalized spacial score (nSPS) is 12.8. The molecule has 0 aromatic heterocycles. The first-order chi connectivity index (χ1) is 32.5. The van der Waals surface area contributed by atoms with E-state index in [1.54, 1.807) is 6.08 Å². The standard InChI is InChI=1S/C60H113NO5/c1-3-5-7-9-11-13-15-17-18-19-20-21-22-23-24-26-29-32-36-40-44-48-52-58(63)57(56-62)61-59(64)53-49-45-41-37-33-30-27-25-28-31-35-39-43-47-51-55-66-60(65)54-50-46-42-38-34-16-14-12-10-8-6-4-2/h12,14,28,31,48,52,57-58,62-63H,3-11,13,15-27,29-30,32-47,49-51,53-56H2,1-2H3,(H,61,64)/b14-12-,31-28-,52-48+. The van der Waals surface area contributed by atoms with Crippen LogP contribution in [-0.4, -0.2) is 47.4 Å². The third kappa shape index (κ3) is 51.5. The van der Waals surface area contributed by atoms with Crippen molar-refractivity contribution >= 4 is 11.9 Å². The van der Waals surface area contributed by atoms with E-state index in [1.807, 2.05) is 6.08 Å². The average molecular weight is 929 g/mol. The lowest BCUT2D eigenvalue weighted by atomic mass is 10.0. The molecule has 0 heterocycles. The minimum atomic E-state index is -0.856. The summed E-state index contributed by atoms with van der Waals surface area (Å²) in [5.41, 5.74) is 0. The largest absolute Gasteiger partial charge is 0.466 e. The molecule has 0 bridgehead atoms. The molecule has 6 heteroatoms. The maximum Gasteiger partial charge on any atom is 0.305 e. The van der Waals surface area contributed by atoms with Gasteiger partial charge in [-0.15, -0.1) is 0 Å². The Morgan fingerprint density at radius 1 is 0.409 bits per heavy atom. The number of hydrogen-bond acceptors (Lipinski definition) is 5. The van der Waals surface area contributed by atoms with Crippen LogP contribution < -0.4 is 5.32 Å². The second-order valence-corrected chi connectivity index (χ2v) is 20.0. The van der Waals surface area contributed by atoms with Gasteiger partial charge in [0.05, 0.1) is 25.4 Å². The van der Waals surface area contributed by atoms with Crippen molar-refractivity contribution in [2.24, 2.45) is 0 Å². The van der Waals surface area contributed by atoms with E-state index in [9.17, 15) is 19.8 Å². The van der Waals surface area contributed by atoms with Crippen molar-refractivity contribution in [2.75, 3.05) is 13.2 Å². The highest BCUT2D eigenvalue weighted by molar-refractivity contribution is 5.76. The number of hydrogen-bond donors (Lipinski definition) is 3. The van der Waals surface area contributed by atoms with Gasteiger partial charge in [0.1, 0.15) is 0 Å². The molecule has 2 atom stereocenters. The van der Waals surface area contributed by atoms with Crippen LogP contribution in [0.3, 0.4) is 0 Å². The number of allylic oxidation sites excluding steroid dienone is 5. The van der Waals surface area contributed by atoms with Crippen LogP contribution in [0.15, 0.2) is 36.5 Å². The summed E-state index contributed by atoms with van der Waals surface area (Å²) in [5.74, 6) is -0.103. The number of nitrogens with one attached hydrogen (secondary N) is 1. The Balaban J connectivity index is 3.52. The molecule has 0 radical (unpaired) electrons. The fourth-order valence-electron chi connectivity index (χ4n) is 8.86. The molecule has 2 unspecified atom stereocenters. The smallest absolute Gasteiger partial charge is 0.305 e. The van der Waals surface area contributed by atoms with Crippen LogP contribution in [0.5, 0.6) is 0 Å². The molecule has 66 heavy (non-hydrogen) atoms. The zero-order valence-corrected chi connectivity index (χ0v) is 44.2. The molecule has 0 aliphatic carbocycles. The summed E-state index contributed by atoms with van der Waals surface area (Å²) in [6, 6.07) is -0.641. The van der Waals surface area contributed by atoms with Crippen LogP contribution in [0.25, 0.3) is 0 Å². The highest BCUT2D eigenvalue weighted by Gasteiger charge is 2.18. The first kappa shape index (κ1) is 64.1. The van der Waals surface area contributed by atoms with E-state index in [0.29, 0.717) is 19.4 Å². The Labute approximate surface area is 411 Å². The van der Waals surface area contributed by atoms with Gasteiger partial charge in [-0.3, -0.25) is 9.59 Å². The second-order valence-electron chi connectivity index (χ2n) is 20.0. The number of amides is 1. The Morgan fingerprint density at radius 2 is 0.712 bits per heavy atom. The van der Waals surface area contributed by atoms with Gasteiger partial charge in [-0.1, -0.05) is 249 Å². The number of aliphatic hydroxyl groups is 2. The van der Waals surface area contributed by atoms with Crippen LogP contribution in [0.4, 0.5) is 0 Å². The highest BCUT2D eigenvalue weighted by Crippen LogP contribution is 2.17. The number of carbonyl (C=O) groups excluding carboxylic acids is 2. The van der Waals surface area contributed by atoms with Gasteiger partial charge in [0.15, 0.2) is 0 Å². The predicted octanol–water partition coefficient (Wildman–Crippen LogP) is 18.0. The Bertz CT molecular complexity index is 1070. The molecule has 388 valence electrons. The second kappa shape index (κ2) is 55.7. The molecule has 0 aliphatic rings. The van der Waals surface area contributed by atoms with E-state index >= 15 is 0 Å². The number of unbranched alkanes of at least 4 members (excludes halogenated alkanes) is 39. The molecule has 0 saturated heterocycles. The SMILES string of the molecule is CCCCC/C=C\CCCCCCCC(=O)OCCCCCC/C=C\CCCCCCCCCC(=O)NC(CO)C(O)/C=C/CCCCCCCCCCCCCCCCCCCCCC. The molecular weight excluding hydrogens is 815 g/mol. The molecule has 6 nitrogen and oxygen atoms in total. The van der Waals surface area contributed by atoms with Crippen LogP contribution in [-0.2, 0) is 14.3 Å². The van der Waals surface area contributed by atoms with Crippen molar-refractivity contribution in [3.63, 3.8) is 0 Å². The fraction of sp³-hybridized carbons (Fsp3) is 0.867. The lowest BCUT2D eigenvalue weighted by Crippen LogP contribution is -2.45. The van der Waals surface area contributed by atoms with Crippen molar-refractivity contribution in [2.45, 2.75) is 321 Å². The molecule has 1 amide bonds. The van der Waals surface area contributed by atoms with Gasteiger partial charge < -0.3 is 20.3 Å². The number of esters is 1. The molecule has 0 saturated carbocycles. The van der Waals surface area contributed by atoms with Gasteiger partial charge in [-0.05, 0) is 83.5 Å². The molecule has 0 spiro atoms. The lowest BCUT2D eigenvalue weighted by Gasteiger charge is -2.20. The van der Waals surface area contributed by atoms with E-state index < -0.39 is 12.1 Å². The highest BCUT2D eigenvalue weighted by atomic mass is 16.5. The van der Waals surface area contributed by atoms with Crippen molar-refractivity contribution < 1.29 is 24.5 Å². The summed E-state index contributed by atoms with van der Waals surface area (Å²) in [4.78, 5) is 24.5. The van der Waals surface area contributed by atoms with Crippen molar-refractivity contribution in [1.82, 2.24) is 5.32 Å². The molecule has 0 rings (SSSR count). The monoisotopic (exact) mass is 928 g/mol. The molecule has 3 N–H and O–H groups in total. The minimum absolute atomic E-state index is 0.0213. The Hall–Kier alpha value is -1.92. The summed E-state index contributed by atoms with van der Waals surface area (Å²) in [5, 5.41) is 23.2. The van der Waals surface area contributed by atoms with Gasteiger partial charge in [-0.2, -0.15) is 0 Å². The molecular formula is C60H113NO5. The van der Waals surface area contributed by atoms with Crippen LogP contribution >= 0.6 is 0 Å². The third-order valence-electron chi connectivity index (χ3n) is 13.4. The first-order valence-electron chi connectivity index (χ1n) is 29.3. The number of ether oxygens (including phenoxy) is 1. The fourth-order valence-corrected chi connectivity index (χ4v) is 8.86. The summed E-state index contributed by atoms with van der Waals surface area (Å²) in [7, 11) is 0. The molecule has 0 fully saturated rings. The Morgan fingerprint density at radius 3 is 1.11 bits per heavy atom. The van der Waals surface area contributed by atoms with Gasteiger partial charge >= 0.3 is 5.97 Å². The van der Waals surface area contributed by atoms with Crippen LogP contribution in [0, 0.1) is 0 Å². The third-order valence-corrected chi connectivity index (χ3v) is 13.4. The summed E-state index contributed by atoms with van der Waals surface area (Å²) >= 11 is 0. The number of carbonyl (C=O) groups is 2. The number of rotatable bonds is 54. The zero-order valence-electron chi connectivity index (χ0n) is 44.2. The van der Waals surface area contributed by atoms with Crippen LogP contribution in [0.2, 0.25) is 0 Å². The van der Waals surface area contributed by atoms with Crippen molar-refractivity contribution in [3.8, 4) is 0 Å². The summed E-state index contributed by atoms with van der Waals surface area (Å²) in [6.45, 7) is 4.85. The topological polar surface area (TPSA) is 95.9 Å². The van der Waals surface area contributed by atoms with Gasteiger partial charge in [0.2, 0.25) is 5.91 Å². The van der Waals surface area contributed by atoms with Gasteiger partial charge in [0, 0.05) is 12.8 Å². The zero-order chi connectivity index (χ0) is 47.9. The Kier molecular flexibility index (Phi) is 54.1. The predicted molar refractivity (Wildman–Crippen MR) is 287 cm³/mol. The summed E-state index contributed by atoms with van der Waals surface area (Å²) in [6.07, 6.45) is 68.8. The minimum Gasteiger partial charge on any atom is -0.466 e. The lowest BCUT2D eigenvalue weighted by molar-refractivity contribution is -0.143. The molecule has 0 aromatic rings. The van der Waals surface area contributed by atoms with E-state index in [1.165, 1.54) is 212 Å². The summed E-state index contributed by atoms with van der Waals surface area (Å²) < 4.78 is 5.44. The maximum absolute atomic E-state index is 12.5.